The normalized spacial score (nSPS) is 11.2. The van der Waals surface area contributed by atoms with Gasteiger partial charge in [-0.05, 0) is 37.5 Å². The predicted octanol–water partition coefficient (Wildman–Crippen LogP) is 2.75. The molecule has 0 saturated carbocycles. The molecule has 0 heterocycles. The van der Waals surface area contributed by atoms with E-state index in [-0.39, 0.29) is 12.1 Å². The van der Waals surface area contributed by atoms with Crippen molar-refractivity contribution in [3.63, 3.8) is 0 Å². The van der Waals surface area contributed by atoms with Crippen LogP contribution >= 0.6 is 0 Å². The highest BCUT2D eigenvalue weighted by Gasteiger charge is 2.35. The first-order valence-corrected chi connectivity index (χ1v) is 6.64. The predicted molar refractivity (Wildman–Crippen MR) is 74.1 cm³/mol. The van der Waals surface area contributed by atoms with Crippen molar-refractivity contribution >= 4 is 11.9 Å². The van der Waals surface area contributed by atoms with Crippen LogP contribution in [0.15, 0.2) is 18.2 Å². The molecule has 1 aromatic carbocycles. The van der Waals surface area contributed by atoms with E-state index in [0.717, 1.165) is 6.07 Å². The molecule has 0 radical (unpaired) electrons. The highest BCUT2D eigenvalue weighted by molar-refractivity contribution is 5.95. The van der Waals surface area contributed by atoms with Crippen LogP contribution in [0.25, 0.3) is 0 Å². The summed E-state index contributed by atoms with van der Waals surface area (Å²) in [4.78, 5) is 23.4. The van der Waals surface area contributed by atoms with Gasteiger partial charge in [-0.3, -0.25) is 9.59 Å². The van der Waals surface area contributed by atoms with Crippen LogP contribution in [0.4, 0.5) is 4.39 Å². The van der Waals surface area contributed by atoms with Gasteiger partial charge in [0.05, 0.1) is 5.41 Å². The van der Waals surface area contributed by atoms with Gasteiger partial charge in [-0.15, -0.1) is 0 Å². The number of hydrogen-bond acceptors (Lipinski definition) is 2. The number of benzene rings is 1. The minimum absolute atomic E-state index is 0.0319. The van der Waals surface area contributed by atoms with Crippen molar-refractivity contribution in [3.05, 3.63) is 35.1 Å². The molecular weight excluding hydrogens is 261 g/mol. The topological polar surface area (TPSA) is 66.4 Å². The number of hydrogen-bond donors (Lipinski definition) is 2. The third kappa shape index (κ3) is 3.35. The van der Waals surface area contributed by atoms with Crippen molar-refractivity contribution < 1.29 is 19.1 Å². The first kappa shape index (κ1) is 16.1. The summed E-state index contributed by atoms with van der Waals surface area (Å²) in [5.74, 6) is -1.87. The zero-order valence-electron chi connectivity index (χ0n) is 12.0. The molecule has 20 heavy (non-hydrogen) atoms. The van der Waals surface area contributed by atoms with Crippen molar-refractivity contribution in [2.24, 2.45) is 5.41 Å². The van der Waals surface area contributed by atoms with E-state index in [9.17, 15) is 19.1 Å². The number of carbonyl (C=O) groups is 2. The number of nitrogens with one attached hydrogen (secondary N) is 1. The zero-order chi connectivity index (χ0) is 15.3. The maximum atomic E-state index is 13.2. The van der Waals surface area contributed by atoms with Crippen LogP contribution in [-0.4, -0.2) is 23.5 Å². The lowest BCUT2D eigenvalue weighted by Crippen LogP contribution is -2.42. The van der Waals surface area contributed by atoms with Crippen molar-refractivity contribution in [1.29, 1.82) is 0 Å². The van der Waals surface area contributed by atoms with E-state index in [1.54, 1.807) is 20.8 Å². The van der Waals surface area contributed by atoms with E-state index in [0.29, 0.717) is 18.4 Å². The summed E-state index contributed by atoms with van der Waals surface area (Å²) in [6, 6.07) is 3.96. The Hall–Kier alpha value is -1.91. The van der Waals surface area contributed by atoms with Gasteiger partial charge in [-0.25, -0.2) is 4.39 Å². The van der Waals surface area contributed by atoms with Gasteiger partial charge in [-0.1, -0.05) is 19.9 Å². The fraction of sp³-hybridized carbons (Fsp3) is 0.467. The summed E-state index contributed by atoms with van der Waals surface area (Å²) in [7, 11) is 0. The maximum Gasteiger partial charge on any atom is 0.311 e. The van der Waals surface area contributed by atoms with Gasteiger partial charge >= 0.3 is 5.97 Å². The van der Waals surface area contributed by atoms with E-state index < -0.39 is 23.1 Å². The fourth-order valence-corrected chi connectivity index (χ4v) is 2.06. The molecule has 0 spiro atoms. The van der Waals surface area contributed by atoms with Gasteiger partial charge < -0.3 is 10.4 Å². The lowest BCUT2D eigenvalue weighted by atomic mass is 9.82. The van der Waals surface area contributed by atoms with Crippen molar-refractivity contribution in [2.75, 3.05) is 6.54 Å². The molecule has 0 aliphatic heterocycles. The lowest BCUT2D eigenvalue weighted by Gasteiger charge is -2.27. The van der Waals surface area contributed by atoms with Crippen molar-refractivity contribution in [1.82, 2.24) is 5.32 Å². The monoisotopic (exact) mass is 281 g/mol. The van der Waals surface area contributed by atoms with Crippen molar-refractivity contribution in [2.45, 2.75) is 33.6 Å². The van der Waals surface area contributed by atoms with Crippen LogP contribution in [0.2, 0.25) is 0 Å². The van der Waals surface area contributed by atoms with Gasteiger partial charge in [0.25, 0.3) is 5.91 Å². The number of amides is 1. The van der Waals surface area contributed by atoms with Crippen LogP contribution in [0.5, 0.6) is 0 Å². The van der Waals surface area contributed by atoms with E-state index in [1.807, 2.05) is 0 Å². The summed E-state index contributed by atoms with van der Waals surface area (Å²) >= 11 is 0. The molecule has 0 aliphatic carbocycles. The van der Waals surface area contributed by atoms with E-state index >= 15 is 0 Å². The summed E-state index contributed by atoms with van der Waals surface area (Å²) < 4.78 is 13.2. The molecule has 1 rings (SSSR count). The highest BCUT2D eigenvalue weighted by Crippen LogP contribution is 2.25. The molecule has 0 aromatic heterocycles. The third-order valence-electron chi connectivity index (χ3n) is 3.84. The second-order valence-electron chi connectivity index (χ2n) is 4.93. The fourth-order valence-electron chi connectivity index (χ4n) is 2.06. The van der Waals surface area contributed by atoms with Gasteiger partial charge in [0, 0.05) is 12.1 Å². The van der Waals surface area contributed by atoms with Gasteiger partial charge in [0.15, 0.2) is 0 Å². The van der Waals surface area contributed by atoms with Crippen LogP contribution in [0.1, 0.15) is 42.6 Å². The molecular formula is C15H20FNO3. The van der Waals surface area contributed by atoms with Gasteiger partial charge in [-0.2, -0.15) is 0 Å². The zero-order valence-corrected chi connectivity index (χ0v) is 12.0. The smallest absolute Gasteiger partial charge is 0.311 e. The SMILES string of the molecule is CCC(CC)(CNC(=O)c1cc(F)ccc1C)C(=O)O. The summed E-state index contributed by atoms with van der Waals surface area (Å²) in [6.45, 7) is 5.29. The molecule has 4 nitrogen and oxygen atoms in total. The molecule has 0 aliphatic rings. The van der Waals surface area contributed by atoms with E-state index in [2.05, 4.69) is 5.32 Å². The molecule has 5 heteroatoms. The standard InChI is InChI=1S/C15H20FNO3/c1-4-15(5-2,14(19)20)9-17-13(18)12-8-11(16)7-6-10(12)3/h6-8H,4-5,9H2,1-3H3,(H,17,18)(H,19,20). The second kappa shape index (κ2) is 6.50. The molecule has 0 bridgehead atoms. The number of halogens is 1. The Balaban J connectivity index is 2.86. The van der Waals surface area contributed by atoms with Crippen LogP contribution < -0.4 is 5.32 Å². The number of carbonyl (C=O) groups excluding carboxylic acids is 1. The van der Waals surface area contributed by atoms with Crippen molar-refractivity contribution in [3.8, 4) is 0 Å². The first-order valence-electron chi connectivity index (χ1n) is 6.64. The van der Waals surface area contributed by atoms with Gasteiger partial charge in [0.2, 0.25) is 0 Å². The van der Waals surface area contributed by atoms with E-state index in [1.165, 1.54) is 12.1 Å². The molecule has 0 unspecified atom stereocenters. The molecule has 2 N–H and O–H groups in total. The summed E-state index contributed by atoms with van der Waals surface area (Å²) in [5, 5.41) is 11.9. The van der Waals surface area contributed by atoms with E-state index in [4.69, 9.17) is 0 Å². The number of aryl methyl sites for hydroxylation is 1. The number of carboxylic acids is 1. The van der Waals surface area contributed by atoms with Gasteiger partial charge in [0.1, 0.15) is 5.82 Å². The highest BCUT2D eigenvalue weighted by atomic mass is 19.1. The number of carboxylic acid groups (broad SMARTS) is 1. The third-order valence-corrected chi connectivity index (χ3v) is 3.84. The van der Waals surface area contributed by atoms with Crippen LogP contribution in [0, 0.1) is 18.2 Å². The lowest BCUT2D eigenvalue weighted by molar-refractivity contribution is -0.149. The van der Waals surface area contributed by atoms with Crippen LogP contribution in [-0.2, 0) is 4.79 Å². The second-order valence-corrected chi connectivity index (χ2v) is 4.93. The summed E-state index contributed by atoms with van der Waals surface area (Å²) in [5.41, 5.74) is -0.0917. The molecule has 0 saturated heterocycles. The number of rotatable bonds is 6. The maximum absolute atomic E-state index is 13.2. The quantitative estimate of drug-likeness (QED) is 0.842. The minimum atomic E-state index is -0.975. The molecule has 0 fully saturated rings. The molecule has 1 amide bonds. The summed E-state index contributed by atoms with van der Waals surface area (Å²) in [6.07, 6.45) is 0.836. The Bertz CT molecular complexity index is 510. The average Bonchev–Trinajstić information content (AvgIpc) is 2.42. The largest absolute Gasteiger partial charge is 0.481 e. The Labute approximate surface area is 118 Å². The Morgan fingerprint density at radius 2 is 1.90 bits per heavy atom. The molecule has 110 valence electrons. The Morgan fingerprint density at radius 3 is 2.40 bits per heavy atom. The molecule has 1 aromatic rings. The Kier molecular flexibility index (Phi) is 5.25. The molecule has 0 atom stereocenters. The first-order chi connectivity index (χ1) is 9.36. The minimum Gasteiger partial charge on any atom is -0.481 e. The number of aliphatic carboxylic acids is 1. The Morgan fingerprint density at radius 1 is 1.30 bits per heavy atom. The average molecular weight is 281 g/mol. The van der Waals surface area contributed by atoms with Crippen LogP contribution in [0.3, 0.4) is 0 Å².